The standard InChI is InChI=1S/C26H28N4O5S/c1-13-14(2)36-25-22(13)23(16-4-6-17(7-5-16)26(33)34)27-20(24-29-28-15(3)30(24)25)12-21(32)35-19-10-8-18(31)9-11-19/h4-7,18-20,31H,8-12H2,1-3H3,(H,33,34)/t18?,19?,20-/m0/s1. The lowest BCUT2D eigenvalue weighted by Gasteiger charge is -2.25. The molecule has 0 radical (unpaired) electrons. The Labute approximate surface area is 212 Å². The van der Waals surface area contributed by atoms with Gasteiger partial charge < -0.3 is 14.9 Å². The molecule has 1 atom stereocenters. The molecule has 1 fully saturated rings. The summed E-state index contributed by atoms with van der Waals surface area (Å²) in [5, 5.41) is 28.7. The van der Waals surface area contributed by atoms with Crippen molar-refractivity contribution in [1.82, 2.24) is 14.8 Å². The maximum absolute atomic E-state index is 13.0. The van der Waals surface area contributed by atoms with Crippen LogP contribution in [0.5, 0.6) is 0 Å². The molecule has 188 valence electrons. The van der Waals surface area contributed by atoms with Crippen molar-refractivity contribution in [1.29, 1.82) is 0 Å². The molecule has 1 aliphatic carbocycles. The number of aromatic carboxylic acids is 1. The molecule has 0 bridgehead atoms. The van der Waals surface area contributed by atoms with Gasteiger partial charge in [0.25, 0.3) is 0 Å². The largest absolute Gasteiger partial charge is 0.478 e. The Morgan fingerprint density at radius 2 is 1.78 bits per heavy atom. The van der Waals surface area contributed by atoms with Crippen molar-refractivity contribution in [3.63, 3.8) is 0 Å². The number of aromatic nitrogens is 3. The zero-order valence-electron chi connectivity index (χ0n) is 20.4. The maximum atomic E-state index is 13.0. The number of esters is 1. The molecule has 3 aromatic rings. The summed E-state index contributed by atoms with van der Waals surface area (Å²) in [4.78, 5) is 30.6. The zero-order chi connectivity index (χ0) is 25.6. The normalized spacial score (nSPS) is 21.2. The fourth-order valence-electron chi connectivity index (χ4n) is 4.85. The van der Waals surface area contributed by atoms with Crippen LogP contribution in [-0.4, -0.2) is 54.8 Å². The highest BCUT2D eigenvalue weighted by Crippen LogP contribution is 2.39. The number of aryl methyl sites for hydroxylation is 2. The molecule has 9 nitrogen and oxygen atoms in total. The van der Waals surface area contributed by atoms with Crippen molar-refractivity contribution in [3.05, 3.63) is 63.0 Å². The molecule has 1 aliphatic heterocycles. The van der Waals surface area contributed by atoms with Gasteiger partial charge in [-0.2, -0.15) is 0 Å². The molecule has 1 saturated carbocycles. The smallest absolute Gasteiger partial charge is 0.335 e. The molecule has 5 rings (SSSR count). The number of ether oxygens (including phenoxy) is 1. The van der Waals surface area contributed by atoms with Crippen molar-refractivity contribution >= 4 is 29.0 Å². The van der Waals surface area contributed by atoms with E-state index in [4.69, 9.17) is 9.73 Å². The number of carbonyl (C=O) groups excluding carboxylic acids is 1. The predicted octanol–water partition coefficient (Wildman–Crippen LogP) is 4.08. The van der Waals surface area contributed by atoms with Crippen LogP contribution in [0.2, 0.25) is 0 Å². The number of carboxylic acids is 1. The second kappa shape index (κ2) is 9.59. The molecule has 0 spiro atoms. The number of nitrogens with zero attached hydrogens (tertiary/aromatic N) is 4. The zero-order valence-corrected chi connectivity index (χ0v) is 21.2. The summed E-state index contributed by atoms with van der Waals surface area (Å²) >= 11 is 1.62. The first kappa shape index (κ1) is 24.3. The Kier molecular flexibility index (Phi) is 6.48. The van der Waals surface area contributed by atoms with E-state index >= 15 is 0 Å². The topological polar surface area (TPSA) is 127 Å². The van der Waals surface area contributed by atoms with Gasteiger partial charge in [-0.25, -0.2) is 4.79 Å². The average Bonchev–Trinajstić information content (AvgIpc) is 3.32. The number of benzene rings is 1. The molecule has 3 heterocycles. The monoisotopic (exact) mass is 508 g/mol. The molecule has 0 saturated heterocycles. The van der Waals surface area contributed by atoms with E-state index in [2.05, 4.69) is 17.1 Å². The van der Waals surface area contributed by atoms with E-state index in [1.54, 1.807) is 35.6 Å². The van der Waals surface area contributed by atoms with Gasteiger partial charge in [0, 0.05) is 16.0 Å². The van der Waals surface area contributed by atoms with E-state index in [0.29, 0.717) is 43.0 Å². The quantitative estimate of drug-likeness (QED) is 0.497. The lowest BCUT2D eigenvalue weighted by atomic mass is 9.95. The minimum Gasteiger partial charge on any atom is -0.478 e. The van der Waals surface area contributed by atoms with E-state index in [9.17, 15) is 19.8 Å². The third kappa shape index (κ3) is 4.46. The number of aliphatic hydroxyl groups is 1. The van der Waals surface area contributed by atoms with Crippen LogP contribution in [0.4, 0.5) is 0 Å². The van der Waals surface area contributed by atoms with Gasteiger partial charge in [-0.15, -0.1) is 21.5 Å². The van der Waals surface area contributed by atoms with Crippen molar-refractivity contribution in [2.75, 3.05) is 0 Å². The number of fused-ring (bicyclic) bond motifs is 3. The van der Waals surface area contributed by atoms with Crippen molar-refractivity contribution in [2.45, 2.75) is 71.1 Å². The van der Waals surface area contributed by atoms with Crippen LogP contribution >= 0.6 is 11.3 Å². The van der Waals surface area contributed by atoms with Crippen LogP contribution in [0.25, 0.3) is 5.00 Å². The Bertz CT molecular complexity index is 1350. The van der Waals surface area contributed by atoms with Gasteiger partial charge in [0.15, 0.2) is 5.82 Å². The number of rotatable bonds is 5. The summed E-state index contributed by atoms with van der Waals surface area (Å²) in [6.07, 6.45) is 2.02. The maximum Gasteiger partial charge on any atom is 0.335 e. The summed E-state index contributed by atoms with van der Waals surface area (Å²) < 4.78 is 7.72. The van der Waals surface area contributed by atoms with Crippen LogP contribution in [0, 0.1) is 20.8 Å². The molecular weight excluding hydrogens is 480 g/mol. The number of thiophene rings is 1. The number of hydrogen-bond acceptors (Lipinski definition) is 8. The lowest BCUT2D eigenvalue weighted by molar-refractivity contribution is -0.152. The second-order valence-electron chi connectivity index (χ2n) is 9.40. The van der Waals surface area contributed by atoms with Crippen molar-refractivity contribution in [2.24, 2.45) is 4.99 Å². The van der Waals surface area contributed by atoms with Crippen LogP contribution in [0.1, 0.15) is 81.7 Å². The van der Waals surface area contributed by atoms with E-state index in [-0.39, 0.29) is 30.2 Å². The SMILES string of the molecule is Cc1sc2c(c1C)C(c1ccc(C(=O)O)cc1)=N[C@@H](CC(=O)OC1CCC(O)CC1)c1nnc(C)n1-2. The Morgan fingerprint density at radius 1 is 1.08 bits per heavy atom. The van der Waals surface area contributed by atoms with Crippen LogP contribution in [0.3, 0.4) is 0 Å². The number of aliphatic imine (C=N–C) groups is 1. The van der Waals surface area contributed by atoms with E-state index in [0.717, 1.165) is 26.6 Å². The summed E-state index contributed by atoms with van der Waals surface area (Å²) in [5.74, 6) is -0.0886. The predicted molar refractivity (Wildman–Crippen MR) is 134 cm³/mol. The third-order valence-electron chi connectivity index (χ3n) is 6.95. The highest BCUT2D eigenvalue weighted by molar-refractivity contribution is 7.15. The lowest BCUT2D eigenvalue weighted by Crippen LogP contribution is -2.27. The molecule has 0 amide bonds. The van der Waals surface area contributed by atoms with Gasteiger partial charge in [0.05, 0.1) is 23.8 Å². The molecule has 1 aromatic carbocycles. The first-order chi connectivity index (χ1) is 17.2. The Balaban J connectivity index is 1.56. The van der Waals surface area contributed by atoms with Crippen LogP contribution < -0.4 is 0 Å². The van der Waals surface area contributed by atoms with Gasteiger partial charge in [-0.3, -0.25) is 14.4 Å². The minimum absolute atomic E-state index is 0.000860. The summed E-state index contributed by atoms with van der Waals surface area (Å²) in [6.45, 7) is 5.96. The summed E-state index contributed by atoms with van der Waals surface area (Å²) in [6, 6.07) is 6.00. The van der Waals surface area contributed by atoms with Gasteiger partial charge in [-0.05, 0) is 64.2 Å². The van der Waals surface area contributed by atoms with Crippen molar-refractivity contribution < 1.29 is 24.5 Å². The molecule has 2 aliphatic rings. The van der Waals surface area contributed by atoms with Gasteiger partial charge in [0.1, 0.15) is 23.0 Å². The fourth-order valence-corrected chi connectivity index (χ4v) is 6.06. The van der Waals surface area contributed by atoms with Gasteiger partial charge in [0.2, 0.25) is 0 Å². The van der Waals surface area contributed by atoms with E-state index in [1.165, 1.54) is 0 Å². The third-order valence-corrected chi connectivity index (χ3v) is 8.14. The molecule has 0 unspecified atom stereocenters. The molecule has 36 heavy (non-hydrogen) atoms. The van der Waals surface area contributed by atoms with Gasteiger partial charge >= 0.3 is 11.9 Å². The molecular formula is C26H28N4O5S. The second-order valence-corrected chi connectivity index (χ2v) is 10.6. The summed E-state index contributed by atoms with van der Waals surface area (Å²) in [5.41, 5.74) is 3.64. The highest BCUT2D eigenvalue weighted by atomic mass is 32.1. The molecule has 10 heteroatoms. The first-order valence-corrected chi connectivity index (χ1v) is 12.9. The van der Waals surface area contributed by atoms with E-state index in [1.807, 2.05) is 18.4 Å². The Morgan fingerprint density at radius 3 is 2.44 bits per heavy atom. The molecule has 2 N–H and O–H groups in total. The molecule has 2 aromatic heterocycles. The van der Waals surface area contributed by atoms with Crippen LogP contribution in [0.15, 0.2) is 29.3 Å². The summed E-state index contributed by atoms with van der Waals surface area (Å²) in [7, 11) is 0. The van der Waals surface area contributed by atoms with Crippen molar-refractivity contribution in [3.8, 4) is 5.00 Å². The first-order valence-electron chi connectivity index (χ1n) is 12.0. The number of carboxylic acid groups (broad SMARTS) is 1. The fraction of sp³-hybridized carbons (Fsp3) is 0.423. The van der Waals surface area contributed by atoms with E-state index < -0.39 is 12.0 Å². The minimum atomic E-state index is -0.995. The number of hydrogen-bond donors (Lipinski definition) is 2. The average molecular weight is 509 g/mol. The highest BCUT2D eigenvalue weighted by Gasteiger charge is 2.33. The number of aliphatic hydroxyl groups excluding tert-OH is 1. The Hall–Kier alpha value is -3.37. The van der Waals surface area contributed by atoms with Gasteiger partial charge in [-0.1, -0.05) is 12.1 Å². The van der Waals surface area contributed by atoms with Crippen LogP contribution in [-0.2, 0) is 9.53 Å². The number of carbonyl (C=O) groups is 2.